The Labute approximate surface area is 278 Å². The van der Waals surface area contributed by atoms with Gasteiger partial charge >= 0.3 is 5.97 Å². The zero-order valence-corrected chi connectivity index (χ0v) is 29.0. The maximum Gasteiger partial charge on any atom is 0.317 e. The summed E-state index contributed by atoms with van der Waals surface area (Å²) in [5, 5.41) is 84.8. The molecular formula is C36H60O11. The summed E-state index contributed by atoms with van der Waals surface area (Å²) in [6, 6.07) is 0. The lowest BCUT2D eigenvalue weighted by Crippen LogP contribution is -2.65. The number of fused-ring (bicyclic) bond motifs is 2. The summed E-state index contributed by atoms with van der Waals surface area (Å²) in [6.45, 7) is 11.5. The molecule has 0 aromatic carbocycles. The predicted octanol–water partition coefficient (Wildman–Crippen LogP) is 1.63. The minimum absolute atomic E-state index is 0.0243. The second kappa shape index (κ2) is 11.6. The minimum atomic E-state index is -1.74. The molecule has 5 aliphatic carbocycles. The van der Waals surface area contributed by atoms with Crippen LogP contribution in [0.25, 0.3) is 0 Å². The molecule has 0 aromatic heterocycles. The molecule has 1 aliphatic heterocycles. The number of esters is 1. The number of carbonyl (C=O) groups excluding carboxylic acids is 1. The van der Waals surface area contributed by atoms with Crippen molar-refractivity contribution in [3.8, 4) is 0 Å². The highest BCUT2D eigenvalue weighted by atomic mass is 16.7. The Morgan fingerprint density at radius 1 is 0.894 bits per heavy atom. The number of hydrogen-bond donors (Lipinski definition) is 8. The first-order valence-electron chi connectivity index (χ1n) is 18.0. The average Bonchev–Trinajstić information content (AvgIpc) is 3.62. The van der Waals surface area contributed by atoms with Crippen LogP contribution in [0.1, 0.15) is 106 Å². The second-order valence-corrected chi connectivity index (χ2v) is 17.9. The van der Waals surface area contributed by atoms with E-state index in [2.05, 4.69) is 20.8 Å². The van der Waals surface area contributed by atoms with E-state index < -0.39 is 78.0 Å². The Bertz CT molecular complexity index is 1210. The number of aliphatic hydroxyl groups excluding tert-OH is 7. The van der Waals surface area contributed by atoms with Gasteiger partial charge in [0.1, 0.15) is 24.4 Å². The minimum Gasteiger partial charge on any atom is -0.432 e. The summed E-state index contributed by atoms with van der Waals surface area (Å²) in [5.41, 5.74) is -3.15. The quantitative estimate of drug-likeness (QED) is 0.175. The smallest absolute Gasteiger partial charge is 0.317 e. The fourth-order valence-electron chi connectivity index (χ4n) is 12.7. The third-order valence-corrected chi connectivity index (χ3v) is 15.8. The SMILES string of the molecule is C[C@H](CC[C@H](O)C(C)(C)O)[C@@H]1CC[C@@]2(C)[C@H]3CC[C@H]4[C@](C)(C(=O)O[C@H]5O[C@@H](CO)[C@@H](O)[C@@H](O)[C@H]5O)[C@@H](O)C[C@@H](O)[C@]45C[C@]35CC[C@]12C. The molecule has 0 radical (unpaired) electrons. The number of carbonyl (C=O) groups is 1. The Morgan fingerprint density at radius 2 is 1.55 bits per heavy atom. The van der Waals surface area contributed by atoms with Crippen LogP contribution in [0.15, 0.2) is 0 Å². The molecule has 270 valence electrons. The highest BCUT2D eigenvalue weighted by Crippen LogP contribution is 2.89. The third-order valence-electron chi connectivity index (χ3n) is 15.8. The van der Waals surface area contributed by atoms with E-state index in [-0.39, 0.29) is 28.6 Å². The molecule has 0 aromatic rings. The van der Waals surface area contributed by atoms with Crippen LogP contribution in [0, 0.1) is 50.7 Å². The zero-order valence-electron chi connectivity index (χ0n) is 29.0. The van der Waals surface area contributed by atoms with Crippen LogP contribution in [-0.2, 0) is 14.3 Å². The largest absolute Gasteiger partial charge is 0.432 e. The molecular weight excluding hydrogens is 608 g/mol. The molecule has 0 amide bonds. The van der Waals surface area contributed by atoms with Crippen molar-refractivity contribution in [1.29, 1.82) is 0 Å². The van der Waals surface area contributed by atoms with E-state index in [0.717, 1.165) is 44.9 Å². The van der Waals surface area contributed by atoms with Gasteiger partial charge in [0.25, 0.3) is 0 Å². The fraction of sp³-hybridized carbons (Fsp3) is 0.972. The van der Waals surface area contributed by atoms with Gasteiger partial charge < -0.3 is 50.3 Å². The topological polar surface area (TPSA) is 197 Å². The summed E-state index contributed by atoms with van der Waals surface area (Å²) in [6.07, 6.45) is -2.81. The number of ether oxygens (including phenoxy) is 2. The van der Waals surface area contributed by atoms with Gasteiger partial charge in [0, 0.05) is 11.8 Å². The van der Waals surface area contributed by atoms with Crippen LogP contribution in [0.5, 0.6) is 0 Å². The van der Waals surface area contributed by atoms with Gasteiger partial charge in [-0.15, -0.1) is 0 Å². The Kier molecular flexibility index (Phi) is 8.84. The van der Waals surface area contributed by atoms with Crippen molar-refractivity contribution >= 4 is 5.97 Å². The van der Waals surface area contributed by atoms with Gasteiger partial charge in [0.05, 0.1) is 35.9 Å². The molecule has 1 saturated heterocycles. The normalized spacial score (nSPS) is 53.6. The number of rotatable bonds is 8. The molecule has 5 saturated carbocycles. The maximum absolute atomic E-state index is 14.1. The van der Waals surface area contributed by atoms with Gasteiger partial charge in [0.15, 0.2) is 0 Å². The first-order valence-corrected chi connectivity index (χ1v) is 18.0. The molecule has 6 fully saturated rings. The van der Waals surface area contributed by atoms with Crippen LogP contribution >= 0.6 is 0 Å². The van der Waals surface area contributed by atoms with Crippen molar-refractivity contribution in [2.45, 2.75) is 160 Å². The van der Waals surface area contributed by atoms with Gasteiger partial charge in [-0.2, -0.15) is 0 Å². The van der Waals surface area contributed by atoms with E-state index >= 15 is 0 Å². The van der Waals surface area contributed by atoms with Crippen LogP contribution in [-0.4, -0.2) is 108 Å². The van der Waals surface area contributed by atoms with Crippen molar-refractivity contribution in [3.05, 3.63) is 0 Å². The van der Waals surface area contributed by atoms with Gasteiger partial charge in [-0.3, -0.25) is 4.79 Å². The predicted molar refractivity (Wildman–Crippen MR) is 169 cm³/mol. The van der Waals surface area contributed by atoms with Crippen LogP contribution in [0.4, 0.5) is 0 Å². The Hall–Kier alpha value is -0.890. The molecule has 17 atom stereocenters. The molecule has 11 heteroatoms. The van der Waals surface area contributed by atoms with Crippen molar-refractivity contribution in [2.24, 2.45) is 50.7 Å². The van der Waals surface area contributed by atoms with E-state index in [1.807, 2.05) is 0 Å². The molecule has 8 N–H and O–H groups in total. The van der Waals surface area contributed by atoms with Crippen LogP contribution in [0.2, 0.25) is 0 Å². The number of aliphatic hydroxyl groups is 8. The lowest BCUT2D eigenvalue weighted by Gasteiger charge is -2.63. The molecule has 2 spiro atoms. The van der Waals surface area contributed by atoms with Gasteiger partial charge in [-0.1, -0.05) is 20.8 Å². The van der Waals surface area contributed by atoms with E-state index in [1.165, 1.54) is 0 Å². The lowest BCUT2D eigenvalue weighted by molar-refractivity contribution is -0.300. The maximum atomic E-state index is 14.1. The molecule has 47 heavy (non-hydrogen) atoms. The van der Waals surface area contributed by atoms with E-state index in [0.29, 0.717) is 30.6 Å². The Balaban J connectivity index is 1.24. The highest BCUT2D eigenvalue weighted by Gasteiger charge is 2.85. The van der Waals surface area contributed by atoms with E-state index in [1.54, 1.807) is 20.8 Å². The van der Waals surface area contributed by atoms with Crippen molar-refractivity contribution in [3.63, 3.8) is 0 Å². The lowest BCUT2D eigenvalue weighted by atomic mass is 9.41. The standard InChI is InChI=1S/C36H60O11/c1-18(7-10-23(38)31(2,3)45)19-11-12-33(5)21-8-9-22-34(6,30(44)47-29-28(43)27(42)26(41)20(16-37)46-29)24(39)15-25(40)36(22)17-35(21,36)14-13-32(19,33)4/h18-29,37-43,45H,7-17H2,1-6H3/t18-,19+,20+,21-,22+,23+,24+,25-,26-,27-,28-,29-,32-,33+,34+,35-,36+/m1/s1. The summed E-state index contributed by atoms with van der Waals surface area (Å²) in [4.78, 5) is 14.1. The van der Waals surface area contributed by atoms with Gasteiger partial charge in [0.2, 0.25) is 6.29 Å². The van der Waals surface area contributed by atoms with Crippen molar-refractivity contribution < 1.29 is 55.1 Å². The highest BCUT2D eigenvalue weighted by molar-refractivity contribution is 5.78. The summed E-state index contributed by atoms with van der Waals surface area (Å²) in [7, 11) is 0. The number of hydrogen-bond acceptors (Lipinski definition) is 11. The first kappa shape index (κ1) is 35.9. The monoisotopic (exact) mass is 668 g/mol. The zero-order chi connectivity index (χ0) is 34.7. The summed E-state index contributed by atoms with van der Waals surface area (Å²) < 4.78 is 11.2. The molecule has 0 bridgehead atoms. The fourth-order valence-corrected chi connectivity index (χ4v) is 12.7. The van der Waals surface area contributed by atoms with E-state index in [9.17, 15) is 45.6 Å². The molecule has 1 heterocycles. The second-order valence-electron chi connectivity index (χ2n) is 17.9. The molecule has 6 rings (SSSR count). The van der Waals surface area contributed by atoms with Gasteiger partial charge in [-0.05, 0) is 118 Å². The molecule has 6 aliphatic rings. The molecule has 0 unspecified atom stereocenters. The van der Waals surface area contributed by atoms with Crippen LogP contribution in [0.3, 0.4) is 0 Å². The summed E-state index contributed by atoms with van der Waals surface area (Å²) >= 11 is 0. The van der Waals surface area contributed by atoms with Crippen LogP contribution < -0.4 is 0 Å². The third kappa shape index (κ3) is 4.80. The van der Waals surface area contributed by atoms with E-state index in [4.69, 9.17) is 9.47 Å². The van der Waals surface area contributed by atoms with Crippen molar-refractivity contribution in [1.82, 2.24) is 0 Å². The molecule has 11 nitrogen and oxygen atoms in total. The van der Waals surface area contributed by atoms with Gasteiger partial charge in [-0.25, -0.2) is 0 Å². The van der Waals surface area contributed by atoms with Crippen molar-refractivity contribution in [2.75, 3.05) is 6.61 Å². The Morgan fingerprint density at radius 3 is 2.19 bits per heavy atom. The first-order chi connectivity index (χ1) is 21.8. The average molecular weight is 669 g/mol. The summed E-state index contributed by atoms with van der Waals surface area (Å²) in [5.74, 6) is 0.0620.